The van der Waals surface area contributed by atoms with Crippen LogP contribution in [0.3, 0.4) is 0 Å². The Hall–Kier alpha value is -3.39. The van der Waals surface area contributed by atoms with E-state index in [4.69, 9.17) is 9.26 Å². The molecule has 1 saturated heterocycles. The molecule has 33 heavy (non-hydrogen) atoms. The molecule has 1 N–H and O–H groups in total. The number of aromatic nitrogens is 2. The molecular weight excluding hydrogens is 418 g/mol. The highest BCUT2D eigenvalue weighted by Gasteiger charge is 2.26. The van der Waals surface area contributed by atoms with Gasteiger partial charge in [-0.25, -0.2) is 0 Å². The van der Waals surface area contributed by atoms with Gasteiger partial charge >= 0.3 is 0 Å². The molecule has 0 atom stereocenters. The molecular formula is C25H31N5O3. The molecule has 0 unspecified atom stereocenters. The smallest absolute Gasteiger partial charge is 0.241 e. The number of likely N-dealkylation sites (tertiary alicyclic amines) is 1. The van der Waals surface area contributed by atoms with Gasteiger partial charge in [-0.05, 0) is 62.3 Å². The molecule has 1 aromatic heterocycles. The number of nitrogens with one attached hydrogen (secondary N) is 1. The number of benzene rings is 2. The quantitative estimate of drug-likeness (QED) is 0.537. The normalized spacial score (nSPS) is 14.7. The zero-order valence-electron chi connectivity index (χ0n) is 19.2. The minimum atomic E-state index is 0.0563. The van der Waals surface area contributed by atoms with Crippen LogP contribution in [0.25, 0.3) is 11.4 Å². The van der Waals surface area contributed by atoms with E-state index in [1.165, 1.54) is 0 Å². The van der Waals surface area contributed by atoms with E-state index >= 15 is 0 Å². The molecule has 8 heteroatoms. The lowest BCUT2D eigenvalue weighted by molar-refractivity contribution is -0.126. The second-order valence-electron chi connectivity index (χ2n) is 8.34. The van der Waals surface area contributed by atoms with E-state index in [0.29, 0.717) is 24.8 Å². The van der Waals surface area contributed by atoms with E-state index in [1.54, 1.807) is 7.11 Å². The van der Waals surface area contributed by atoms with Crippen molar-refractivity contribution in [2.75, 3.05) is 45.2 Å². The minimum absolute atomic E-state index is 0.0563. The van der Waals surface area contributed by atoms with Crippen molar-refractivity contribution in [3.05, 3.63) is 60.5 Å². The fraction of sp³-hybridized carbons (Fsp3) is 0.400. The molecule has 1 amide bonds. The van der Waals surface area contributed by atoms with Crippen LogP contribution in [0.4, 0.5) is 5.69 Å². The molecule has 0 aliphatic carbocycles. The maximum atomic E-state index is 12.6. The summed E-state index contributed by atoms with van der Waals surface area (Å²) in [7, 11) is 3.68. The van der Waals surface area contributed by atoms with Crippen molar-refractivity contribution in [2.24, 2.45) is 5.92 Å². The summed E-state index contributed by atoms with van der Waals surface area (Å²) >= 11 is 0. The van der Waals surface area contributed by atoms with E-state index in [9.17, 15) is 4.79 Å². The maximum Gasteiger partial charge on any atom is 0.241 e. The summed E-state index contributed by atoms with van der Waals surface area (Å²) in [5.41, 5.74) is 2.04. The number of ether oxygens (including phenoxy) is 1. The highest BCUT2D eigenvalue weighted by atomic mass is 16.5. The number of amides is 1. The minimum Gasteiger partial charge on any atom is -0.497 e. The average molecular weight is 450 g/mol. The zero-order chi connectivity index (χ0) is 23.0. The molecule has 0 radical (unpaired) electrons. The molecule has 4 rings (SSSR count). The Labute approximate surface area is 194 Å². The van der Waals surface area contributed by atoms with Gasteiger partial charge in [0.15, 0.2) is 0 Å². The lowest BCUT2D eigenvalue weighted by Crippen LogP contribution is -2.42. The summed E-state index contributed by atoms with van der Waals surface area (Å²) in [6.45, 7) is 3.69. The molecule has 1 fully saturated rings. The third kappa shape index (κ3) is 6.10. The highest BCUT2D eigenvalue weighted by molar-refractivity contribution is 5.78. The van der Waals surface area contributed by atoms with Gasteiger partial charge in [-0.15, -0.1) is 0 Å². The largest absolute Gasteiger partial charge is 0.497 e. The van der Waals surface area contributed by atoms with Crippen LogP contribution in [0.15, 0.2) is 59.1 Å². The van der Waals surface area contributed by atoms with Crippen molar-refractivity contribution in [3.63, 3.8) is 0 Å². The standard InChI is InChI=1S/C25H31N5O3/c1-29(21-6-4-3-5-7-21)17-14-26-25(31)20-12-15-30(16-13-20)18-23-27-24(28-33-23)19-8-10-22(32-2)11-9-19/h3-11,20H,12-18H2,1-2H3,(H,26,31). The van der Waals surface area contributed by atoms with Crippen molar-refractivity contribution in [2.45, 2.75) is 19.4 Å². The molecule has 3 aromatic rings. The van der Waals surface area contributed by atoms with Gasteiger partial charge in [0.2, 0.25) is 17.6 Å². The highest BCUT2D eigenvalue weighted by Crippen LogP contribution is 2.22. The predicted molar refractivity (Wildman–Crippen MR) is 127 cm³/mol. The summed E-state index contributed by atoms with van der Waals surface area (Å²) in [5, 5.41) is 7.20. The number of hydrogen-bond acceptors (Lipinski definition) is 7. The number of likely N-dealkylation sites (N-methyl/N-ethyl adjacent to an activating group) is 1. The summed E-state index contributed by atoms with van der Waals surface area (Å²) < 4.78 is 10.6. The number of methoxy groups -OCH3 is 1. The van der Waals surface area contributed by atoms with Crippen LogP contribution in [0.2, 0.25) is 0 Å². The second kappa shape index (κ2) is 11.0. The molecule has 1 aliphatic heterocycles. The van der Waals surface area contributed by atoms with Gasteiger partial charge < -0.3 is 19.5 Å². The van der Waals surface area contributed by atoms with Crippen molar-refractivity contribution >= 4 is 11.6 Å². The number of rotatable bonds is 9. The Balaban J connectivity index is 1.19. The van der Waals surface area contributed by atoms with E-state index < -0.39 is 0 Å². The van der Waals surface area contributed by atoms with Gasteiger partial charge in [-0.2, -0.15) is 4.98 Å². The molecule has 2 aromatic carbocycles. The van der Waals surface area contributed by atoms with Crippen LogP contribution in [-0.4, -0.2) is 61.3 Å². The Kier molecular flexibility index (Phi) is 7.57. The molecule has 0 spiro atoms. The van der Waals surface area contributed by atoms with E-state index in [2.05, 4.69) is 37.4 Å². The second-order valence-corrected chi connectivity index (χ2v) is 8.34. The number of hydrogen-bond donors (Lipinski definition) is 1. The lowest BCUT2D eigenvalue weighted by Gasteiger charge is -2.30. The van der Waals surface area contributed by atoms with Gasteiger partial charge in [-0.3, -0.25) is 9.69 Å². The topological polar surface area (TPSA) is 83.7 Å². The first-order valence-corrected chi connectivity index (χ1v) is 11.4. The van der Waals surface area contributed by atoms with Gasteiger partial charge in [0.05, 0.1) is 13.7 Å². The van der Waals surface area contributed by atoms with E-state index in [1.807, 2.05) is 49.5 Å². The summed E-state index contributed by atoms with van der Waals surface area (Å²) in [5.74, 6) is 2.16. The summed E-state index contributed by atoms with van der Waals surface area (Å²) in [4.78, 5) is 21.5. The first-order chi connectivity index (χ1) is 16.1. The Bertz CT molecular complexity index is 1010. The lowest BCUT2D eigenvalue weighted by atomic mass is 9.96. The number of carbonyl (C=O) groups is 1. The average Bonchev–Trinajstić information content (AvgIpc) is 3.33. The van der Waals surface area contributed by atoms with Crippen LogP contribution in [-0.2, 0) is 11.3 Å². The SMILES string of the molecule is COc1ccc(-c2noc(CN3CCC(C(=O)NCCN(C)c4ccccc4)CC3)n2)cc1. The molecule has 0 saturated carbocycles. The van der Waals surface area contributed by atoms with E-state index in [0.717, 1.165) is 49.5 Å². The first kappa shape index (κ1) is 22.8. The fourth-order valence-corrected chi connectivity index (χ4v) is 4.02. The van der Waals surface area contributed by atoms with Gasteiger partial charge in [-0.1, -0.05) is 23.4 Å². The van der Waals surface area contributed by atoms with Gasteiger partial charge in [0.1, 0.15) is 5.75 Å². The third-order valence-corrected chi connectivity index (χ3v) is 6.08. The molecule has 174 valence electrons. The van der Waals surface area contributed by atoms with Crippen LogP contribution < -0.4 is 15.0 Å². The monoisotopic (exact) mass is 449 g/mol. The zero-order valence-corrected chi connectivity index (χ0v) is 19.2. The summed E-state index contributed by atoms with van der Waals surface area (Å²) in [6.07, 6.45) is 1.67. The molecule has 0 bridgehead atoms. The fourth-order valence-electron chi connectivity index (χ4n) is 4.02. The van der Waals surface area contributed by atoms with Crippen LogP contribution in [0.1, 0.15) is 18.7 Å². The third-order valence-electron chi connectivity index (χ3n) is 6.08. The van der Waals surface area contributed by atoms with E-state index in [-0.39, 0.29) is 11.8 Å². The van der Waals surface area contributed by atoms with Crippen molar-refractivity contribution in [1.29, 1.82) is 0 Å². The molecule has 1 aliphatic rings. The van der Waals surface area contributed by atoms with Crippen LogP contribution in [0.5, 0.6) is 5.75 Å². The number of para-hydroxylation sites is 1. The van der Waals surface area contributed by atoms with Gasteiger partial charge in [0, 0.05) is 37.3 Å². The number of piperidine rings is 1. The molecule has 2 heterocycles. The number of carbonyl (C=O) groups excluding carboxylic acids is 1. The maximum absolute atomic E-state index is 12.6. The van der Waals surface area contributed by atoms with Crippen molar-refractivity contribution in [1.82, 2.24) is 20.4 Å². The number of nitrogens with zero attached hydrogens (tertiary/aromatic N) is 4. The summed E-state index contributed by atoms with van der Waals surface area (Å²) in [6, 6.07) is 17.8. The van der Waals surface area contributed by atoms with Gasteiger partial charge in [0.25, 0.3) is 0 Å². The Morgan fingerprint density at radius 3 is 2.58 bits per heavy atom. The van der Waals surface area contributed by atoms with Crippen LogP contribution in [0, 0.1) is 5.92 Å². The van der Waals surface area contributed by atoms with Crippen LogP contribution >= 0.6 is 0 Å². The number of anilines is 1. The Morgan fingerprint density at radius 2 is 1.88 bits per heavy atom. The van der Waals surface area contributed by atoms with Crippen molar-refractivity contribution in [3.8, 4) is 17.1 Å². The first-order valence-electron chi connectivity index (χ1n) is 11.4. The van der Waals surface area contributed by atoms with Crippen molar-refractivity contribution < 1.29 is 14.1 Å². The molecule has 8 nitrogen and oxygen atoms in total. The predicted octanol–water partition coefficient (Wildman–Crippen LogP) is 3.21. The Morgan fingerprint density at radius 1 is 1.15 bits per heavy atom.